The number of aliphatic carboxylic acids is 1. The van der Waals surface area contributed by atoms with Crippen molar-refractivity contribution in [1.29, 1.82) is 0 Å². The van der Waals surface area contributed by atoms with Gasteiger partial charge in [0.05, 0.1) is 12.0 Å². The second kappa shape index (κ2) is 6.11. The molecule has 0 unspecified atom stereocenters. The summed E-state index contributed by atoms with van der Waals surface area (Å²) in [6.07, 6.45) is 4.92. The molecule has 0 aromatic heterocycles. The van der Waals surface area contributed by atoms with Crippen LogP contribution in [-0.4, -0.2) is 42.1 Å². The van der Waals surface area contributed by atoms with Gasteiger partial charge in [-0.15, -0.1) is 0 Å². The molecule has 0 heterocycles. The summed E-state index contributed by atoms with van der Waals surface area (Å²) < 4.78 is 0. The molecule has 7 heteroatoms. The third kappa shape index (κ3) is 3.85. The smallest absolute Gasteiger partial charge is 0.315 e. The van der Waals surface area contributed by atoms with Gasteiger partial charge in [0.15, 0.2) is 0 Å². The van der Waals surface area contributed by atoms with E-state index in [4.69, 9.17) is 0 Å². The molecule has 2 aliphatic rings. The van der Waals surface area contributed by atoms with Crippen molar-refractivity contribution in [2.75, 3.05) is 13.1 Å². The number of nitrogens with one attached hydrogen (secondary N) is 3. The Kier molecular flexibility index (Phi) is 4.46. The molecule has 0 spiro atoms. The van der Waals surface area contributed by atoms with E-state index in [0.717, 1.165) is 25.7 Å². The summed E-state index contributed by atoms with van der Waals surface area (Å²) >= 11 is 0. The zero-order chi connectivity index (χ0) is 14.6. The number of urea groups is 1. The Morgan fingerprint density at radius 3 is 2.30 bits per heavy atom. The normalized spacial score (nSPS) is 20.2. The second-order valence-electron chi connectivity index (χ2n) is 5.67. The van der Waals surface area contributed by atoms with E-state index < -0.39 is 17.4 Å². The summed E-state index contributed by atoms with van der Waals surface area (Å²) in [5.74, 6) is -1.07. The van der Waals surface area contributed by atoms with Gasteiger partial charge in [-0.3, -0.25) is 9.59 Å². The van der Waals surface area contributed by atoms with Crippen molar-refractivity contribution in [3.63, 3.8) is 0 Å². The van der Waals surface area contributed by atoms with Crippen LogP contribution in [0.15, 0.2) is 0 Å². The van der Waals surface area contributed by atoms with Crippen molar-refractivity contribution in [1.82, 2.24) is 16.0 Å². The lowest BCUT2D eigenvalue weighted by atomic mass is 9.86. The molecule has 2 fully saturated rings. The standard InChI is InChI=1S/C13H21N3O4/c17-10(16-9-3-4-9)7-14-12(20)15-8-13(11(18)19)5-1-2-6-13/h9H,1-8H2,(H,16,17)(H,18,19)(H2,14,15,20). The van der Waals surface area contributed by atoms with E-state index in [9.17, 15) is 19.5 Å². The number of carbonyl (C=O) groups is 3. The lowest BCUT2D eigenvalue weighted by Gasteiger charge is -2.23. The zero-order valence-electron chi connectivity index (χ0n) is 11.4. The fraction of sp³-hybridized carbons (Fsp3) is 0.769. The maximum absolute atomic E-state index is 11.6. The first kappa shape index (κ1) is 14.6. The molecular weight excluding hydrogens is 262 g/mol. The van der Waals surface area contributed by atoms with E-state index in [1.807, 2.05) is 0 Å². The monoisotopic (exact) mass is 283 g/mol. The van der Waals surface area contributed by atoms with Gasteiger partial charge in [0.2, 0.25) is 5.91 Å². The quantitative estimate of drug-likeness (QED) is 0.559. The Morgan fingerprint density at radius 1 is 1.10 bits per heavy atom. The minimum Gasteiger partial charge on any atom is -0.481 e. The van der Waals surface area contributed by atoms with Gasteiger partial charge in [0.25, 0.3) is 0 Å². The molecule has 112 valence electrons. The first-order valence-corrected chi connectivity index (χ1v) is 7.06. The van der Waals surface area contributed by atoms with Crippen LogP contribution in [0.3, 0.4) is 0 Å². The van der Waals surface area contributed by atoms with Gasteiger partial charge in [-0.25, -0.2) is 4.79 Å². The van der Waals surface area contributed by atoms with Crippen LogP contribution < -0.4 is 16.0 Å². The molecule has 2 aliphatic carbocycles. The van der Waals surface area contributed by atoms with Crippen molar-refractivity contribution < 1.29 is 19.5 Å². The van der Waals surface area contributed by atoms with E-state index in [0.29, 0.717) is 12.8 Å². The van der Waals surface area contributed by atoms with Crippen LogP contribution in [-0.2, 0) is 9.59 Å². The average molecular weight is 283 g/mol. The summed E-state index contributed by atoms with van der Waals surface area (Å²) in [7, 11) is 0. The van der Waals surface area contributed by atoms with Crippen molar-refractivity contribution in [3.05, 3.63) is 0 Å². The molecular formula is C13H21N3O4. The third-order valence-electron chi connectivity index (χ3n) is 3.95. The predicted octanol–water partition coefficient (Wildman–Crippen LogP) is 0.209. The van der Waals surface area contributed by atoms with Crippen LogP contribution in [0.4, 0.5) is 4.79 Å². The number of carbonyl (C=O) groups excluding carboxylic acids is 2. The van der Waals surface area contributed by atoms with Gasteiger partial charge in [-0.1, -0.05) is 12.8 Å². The van der Waals surface area contributed by atoms with Gasteiger partial charge in [-0.2, -0.15) is 0 Å². The molecule has 2 rings (SSSR count). The van der Waals surface area contributed by atoms with E-state index >= 15 is 0 Å². The summed E-state index contributed by atoms with van der Waals surface area (Å²) in [5.41, 5.74) is -0.840. The fourth-order valence-electron chi connectivity index (χ4n) is 2.50. The zero-order valence-corrected chi connectivity index (χ0v) is 11.4. The fourth-order valence-corrected chi connectivity index (χ4v) is 2.50. The van der Waals surface area contributed by atoms with Crippen molar-refractivity contribution in [2.24, 2.45) is 5.41 Å². The highest BCUT2D eigenvalue weighted by Crippen LogP contribution is 2.37. The minimum absolute atomic E-state index is 0.0809. The molecule has 0 saturated heterocycles. The highest BCUT2D eigenvalue weighted by molar-refractivity contribution is 5.84. The maximum atomic E-state index is 11.6. The Labute approximate surface area is 117 Å². The van der Waals surface area contributed by atoms with E-state index in [1.54, 1.807) is 0 Å². The van der Waals surface area contributed by atoms with Gasteiger partial charge in [0, 0.05) is 12.6 Å². The van der Waals surface area contributed by atoms with Gasteiger partial charge < -0.3 is 21.1 Å². The maximum Gasteiger partial charge on any atom is 0.315 e. The van der Waals surface area contributed by atoms with Gasteiger partial charge in [0.1, 0.15) is 0 Å². The molecule has 7 nitrogen and oxygen atoms in total. The number of amides is 3. The van der Waals surface area contributed by atoms with Crippen LogP contribution in [0.5, 0.6) is 0 Å². The lowest BCUT2D eigenvalue weighted by Crippen LogP contribution is -2.47. The molecule has 0 aromatic rings. The van der Waals surface area contributed by atoms with Crippen molar-refractivity contribution in [3.8, 4) is 0 Å². The molecule has 4 N–H and O–H groups in total. The molecule has 0 aliphatic heterocycles. The molecule has 0 aromatic carbocycles. The van der Waals surface area contributed by atoms with Crippen molar-refractivity contribution >= 4 is 17.9 Å². The van der Waals surface area contributed by atoms with E-state index in [1.165, 1.54) is 0 Å². The number of carboxylic acids is 1. The van der Waals surface area contributed by atoms with Crippen LogP contribution in [0.1, 0.15) is 38.5 Å². The van der Waals surface area contributed by atoms with Gasteiger partial charge >= 0.3 is 12.0 Å². The molecule has 0 radical (unpaired) electrons. The van der Waals surface area contributed by atoms with E-state index in [2.05, 4.69) is 16.0 Å². The number of hydrogen-bond donors (Lipinski definition) is 4. The van der Waals surface area contributed by atoms with Crippen molar-refractivity contribution in [2.45, 2.75) is 44.6 Å². The average Bonchev–Trinajstić information content (AvgIpc) is 3.07. The number of carboxylic acid groups (broad SMARTS) is 1. The number of hydrogen-bond acceptors (Lipinski definition) is 3. The minimum atomic E-state index is -0.859. The molecule has 0 atom stereocenters. The van der Waals surface area contributed by atoms with Crippen LogP contribution in [0, 0.1) is 5.41 Å². The Hall–Kier alpha value is -1.79. The molecule has 0 bridgehead atoms. The SMILES string of the molecule is O=C(CNC(=O)NCC1(C(=O)O)CCCC1)NC1CC1. The number of rotatable bonds is 6. The van der Waals surface area contributed by atoms with Crippen LogP contribution in [0.25, 0.3) is 0 Å². The first-order chi connectivity index (χ1) is 9.52. The Balaban J connectivity index is 1.68. The highest BCUT2D eigenvalue weighted by atomic mass is 16.4. The predicted molar refractivity (Wildman–Crippen MR) is 71.1 cm³/mol. The van der Waals surface area contributed by atoms with Gasteiger partial charge in [-0.05, 0) is 25.7 Å². The third-order valence-corrected chi connectivity index (χ3v) is 3.95. The Morgan fingerprint density at radius 2 is 1.75 bits per heavy atom. The first-order valence-electron chi connectivity index (χ1n) is 7.06. The summed E-state index contributed by atoms with van der Waals surface area (Å²) in [6.45, 7) is 0.0286. The lowest BCUT2D eigenvalue weighted by molar-refractivity contribution is -0.148. The van der Waals surface area contributed by atoms with E-state index in [-0.39, 0.29) is 25.0 Å². The Bertz CT molecular complexity index is 400. The summed E-state index contributed by atoms with van der Waals surface area (Å²) in [4.78, 5) is 34.3. The van der Waals surface area contributed by atoms with Crippen LogP contribution in [0.2, 0.25) is 0 Å². The van der Waals surface area contributed by atoms with Crippen LogP contribution >= 0.6 is 0 Å². The largest absolute Gasteiger partial charge is 0.481 e. The highest BCUT2D eigenvalue weighted by Gasteiger charge is 2.41. The molecule has 3 amide bonds. The summed E-state index contributed by atoms with van der Waals surface area (Å²) in [5, 5.41) is 17.0. The topological polar surface area (TPSA) is 108 Å². The molecule has 2 saturated carbocycles. The summed E-state index contributed by atoms with van der Waals surface area (Å²) in [6, 6.07) is -0.232. The molecule has 20 heavy (non-hydrogen) atoms. The second-order valence-corrected chi connectivity index (χ2v) is 5.67.